The molecule has 2 aromatic carbocycles. The SMILES string of the molecule is Cc1ccc(-n2c(C3CC3)nc3cc(N)ccc32)cc1F. The summed E-state index contributed by atoms with van der Waals surface area (Å²) in [5.74, 6) is 1.30. The van der Waals surface area contributed by atoms with Crippen molar-refractivity contribution in [3.63, 3.8) is 0 Å². The van der Waals surface area contributed by atoms with Crippen molar-refractivity contribution in [2.24, 2.45) is 0 Å². The highest BCUT2D eigenvalue weighted by Gasteiger charge is 2.30. The van der Waals surface area contributed by atoms with Crippen LogP contribution < -0.4 is 5.73 Å². The number of hydrogen-bond donors (Lipinski definition) is 1. The molecular weight excluding hydrogens is 265 g/mol. The van der Waals surface area contributed by atoms with E-state index in [4.69, 9.17) is 10.7 Å². The van der Waals surface area contributed by atoms with Crippen LogP contribution in [-0.2, 0) is 0 Å². The first-order chi connectivity index (χ1) is 10.1. The number of nitrogens with zero attached hydrogens (tertiary/aromatic N) is 2. The summed E-state index contributed by atoms with van der Waals surface area (Å²) in [5, 5.41) is 0. The molecule has 0 unspecified atom stereocenters. The van der Waals surface area contributed by atoms with Crippen LogP contribution in [0.15, 0.2) is 36.4 Å². The summed E-state index contributed by atoms with van der Waals surface area (Å²) in [7, 11) is 0. The number of anilines is 1. The Labute approximate surface area is 122 Å². The normalized spacial score (nSPS) is 14.8. The van der Waals surface area contributed by atoms with E-state index >= 15 is 0 Å². The fourth-order valence-electron chi connectivity index (χ4n) is 2.72. The number of aryl methyl sites for hydroxylation is 1. The molecule has 0 saturated heterocycles. The van der Waals surface area contributed by atoms with E-state index in [1.165, 1.54) is 0 Å². The first kappa shape index (κ1) is 12.4. The summed E-state index contributed by atoms with van der Waals surface area (Å²) in [4.78, 5) is 4.72. The van der Waals surface area contributed by atoms with E-state index in [2.05, 4.69) is 4.57 Å². The Hall–Kier alpha value is -2.36. The van der Waals surface area contributed by atoms with Gasteiger partial charge in [0.25, 0.3) is 0 Å². The summed E-state index contributed by atoms with van der Waals surface area (Å²) >= 11 is 0. The molecule has 1 fully saturated rings. The molecule has 1 aromatic heterocycles. The third-order valence-corrected chi connectivity index (χ3v) is 4.06. The van der Waals surface area contributed by atoms with Gasteiger partial charge in [-0.05, 0) is 55.7 Å². The Morgan fingerprint density at radius 3 is 2.71 bits per heavy atom. The predicted molar refractivity (Wildman–Crippen MR) is 82.2 cm³/mol. The number of halogens is 1. The number of hydrogen-bond acceptors (Lipinski definition) is 2. The van der Waals surface area contributed by atoms with Gasteiger partial charge in [0.1, 0.15) is 11.6 Å². The smallest absolute Gasteiger partial charge is 0.128 e. The molecule has 0 radical (unpaired) electrons. The number of benzene rings is 2. The van der Waals surface area contributed by atoms with Crippen molar-refractivity contribution in [2.45, 2.75) is 25.7 Å². The molecule has 3 aromatic rings. The molecule has 1 aliphatic rings. The fraction of sp³-hybridized carbons (Fsp3) is 0.235. The Balaban J connectivity index is 2.01. The second-order valence-electron chi connectivity index (χ2n) is 5.76. The Kier molecular flexibility index (Phi) is 2.55. The van der Waals surface area contributed by atoms with Crippen LogP contribution in [-0.4, -0.2) is 9.55 Å². The minimum absolute atomic E-state index is 0.188. The maximum atomic E-state index is 13.9. The van der Waals surface area contributed by atoms with Gasteiger partial charge in [-0.1, -0.05) is 6.07 Å². The van der Waals surface area contributed by atoms with E-state index in [9.17, 15) is 4.39 Å². The largest absolute Gasteiger partial charge is 0.399 e. The first-order valence-corrected chi connectivity index (χ1v) is 7.18. The zero-order valence-corrected chi connectivity index (χ0v) is 11.8. The lowest BCUT2D eigenvalue weighted by Crippen LogP contribution is -2.01. The number of aromatic nitrogens is 2. The number of nitrogens with two attached hydrogens (primary N) is 1. The van der Waals surface area contributed by atoms with Gasteiger partial charge < -0.3 is 5.73 Å². The number of imidazole rings is 1. The standard InChI is InChI=1S/C17H16FN3/c1-10-2-6-13(9-14(10)18)21-16-7-5-12(19)8-15(16)20-17(21)11-3-4-11/h2,5-9,11H,3-4,19H2,1H3. The number of fused-ring (bicyclic) bond motifs is 1. The van der Waals surface area contributed by atoms with Crippen LogP contribution in [0.2, 0.25) is 0 Å². The third-order valence-electron chi connectivity index (χ3n) is 4.06. The van der Waals surface area contributed by atoms with Crippen LogP contribution in [0.5, 0.6) is 0 Å². The van der Waals surface area contributed by atoms with Crippen LogP contribution in [0.25, 0.3) is 16.7 Å². The van der Waals surface area contributed by atoms with Crippen LogP contribution in [0.1, 0.15) is 30.1 Å². The van der Waals surface area contributed by atoms with Crippen molar-refractivity contribution < 1.29 is 4.39 Å². The molecule has 4 rings (SSSR count). The summed E-state index contributed by atoms with van der Waals surface area (Å²) < 4.78 is 16.0. The van der Waals surface area contributed by atoms with Crippen molar-refractivity contribution in [3.05, 3.63) is 53.6 Å². The van der Waals surface area contributed by atoms with E-state index < -0.39 is 0 Å². The zero-order chi connectivity index (χ0) is 14.6. The average Bonchev–Trinajstić information content (AvgIpc) is 3.23. The summed E-state index contributed by atoms with van der Waals surface area (Å²) in [6, 6.07) is 11.0. The monoisotopic (exact) mass is 281 g/mol. The van der Waals surface area contributed by atoms with Gasteiger partial charge in [-0.15, -0.1) is 0 Å². The Bertz CT molecular complexity index is 847. The lowest BCUT2D eigenvalue weighted by atomic mass is 10.2. The quantitative estimate of drug-likeness (QED) is 0.723. The maximum absolute atomic E-state index is 13.9. The van der Waals surface area contributed by atoms with Gasteiger partial charge in [-0.2, -0.15) is 0 Å². The van der Waals surface area contributed by atoms with Crippen LogP contribution >= 0.6 is 0 Å². The van der Waals surface area contributed by atoms with Gasteiger partial charge in [0.15, 0.2) is 0 Å². The Morgan fingerprint density at radius 2 is 2.00 bits per heavy atom. The van der Waals surface area contributed by atoms with Crippen molar-refractivity contribution in [1.29, 1.82) is 0 Å². The number of rotatable bonds is 2. The molecular formula is C17H16FN3. The molecule has 1 aliphatic carbocycles. The van der Waals surface area contributed by atoms with Crippen molar-refractivity contribution in [3.8, 4) is 5.69 Å². The van der Waals surface area contributed by atoms with Gasteiger partial charge in [-0.25, -0.2) is 9.37 Å². The van der Waals surface area contributed by atoms with Gasteiger partial charge in [0.2, 0.25) is 0 Å². The molecule has 1 saturated carbocycles. The topological polar surface area (TPSA) is 43.8 Å². The first-order valence-electron chi connectivity index (χ1n) is 7.18. The summed E-state index contributed by atoms with van der Waals surface area (Å²) in [5.41, 5.74) is 9.88. The van der Waals surface area contributed by atoms with Gasteiger partial charge in [-0.3, -0.25) is 4.57 Å². The molecule has 0 amide bonds. The molecule has 4 heteroatoms. The van der Waals surface area contributed by atoms with E-state index in [1.54, 1.807) is 13.0 Å². The van der Waals surface area contributed by atoms with Gasteiger partial charge in [0, 0.05) is 11.6 Å². The molecule has 1 heterocycles. The van der Waals surface area contributed by atoms with Crippen LogP contribution in [0.4, 0.5) is 10.1 Å². The minimum Gasteiger partial charge on any atom is -0.399 e. The van der Waals surface area contributed by atoms with Gasteiger partial charge in [0.05, 0.1) is 16.7 Å². The van der Waals surface area contributed by atoms with Crippen molar-refractivity contribution >= 4 is 16.7 Å². The summed E-state index contributed by atoms with van der Waals surface area (Å²) in [6.45, 7) is 1.77. The molecule has 0 spiro atoms. The molecule has 106 valence electrons. The fourth-order valence-corrected chi connectivity index (χ4v) is 2.72. The van der Waals surface area contributed by atoms with Crippen LogP contribution in [0, 0.1) is 12.7 Å². The van der Waals surface area contributed by atoms with Gasteiger partial charge >= 0.3 is 0 Å². The van der Waals surface area contributed by atoms with Crippen molar-refractivity contribution in [1.82, 2.24) is 9.55 Å². The molecule has 0 bridgehead atoms. The van der Waals surface area contributed by atoms with E-state index in [1.807, 2.05) is 30.3 Å². The Morgan fingerprint density at radius 1 is 1.19 bits per heavy atom. The highest BCUT2D eigenvalue weighted by Crippen LogP contribution is 2.42. The third kappa shape index (κ3) is 1.98. The predicted octanol–water partition coefficient (Wildman–Crippen LogP) is 3.93. The molecule has 0 aliphatic heterocycles. The lowest BCUT2D eigenvalue weighted by Gasteiger charge is -2.10. The maximum Gasteiger partial charge on any atom is 0.128 e. The van der Waals surface area contributed by atoms with E-state index in [0.29, 0.717) is 17.2 Å². The molecule has 21 heavy (non-hydrogen) atoms. The second kappa shape index (κ2) is 4.32. The van der Waals surface area contributed by atoms with Crippen molar-refractivity contribution in [2.75, 3.05) is 5.73 Å². The average molecular weight is 281 g/mol. The molecule has 0 atom stereocenters. The zero-order valence-electron chi connectivity index (χ0n) is 11.8. The number of nitrogen functional groups attached to an aromatic ring is 1. The molecule has 2 N–H and O–H groups in total. The molecule has 3 nitrogen and oxygen atoms in total. The highest BCUT2D eigenvalue weighted by atomic mass is 19.1. The van der Waals surface area contributed by atoms with E-state index in [-0.39, 0.29) is 5.82 Å². The minimum atomic E-state index is -0.188. The second-order valence-corrected chi connectivity index (χ2v) is 5.76. The van der Waals surface area contributed by atoms with Crippen LogP contribution in [0.3, 0.4) is 0 Å². The summed E-state index contributed by atoms with van der Waals surface area (Å²) in [6.07, 6.45) is 2.29. The lowest BCUT2D eigenvalue weighted by molar-refractivity contribution is 0.617. The van der Waals surface area contributed by atoms with E-state index in [0.717, 1.165) is 35.4 Å². The highest BCUT2D eigenvalue weighted by molar-refractivity contribution is 5.81.